The second kappa shape index (κ2) is 7.17. The molecule has 2 aromatic heterocycles. The number of aromatic nitrogens is 4. The van der Waals surface area contributed by atoms with E-state index in [1.807, 2.05) is 24.0 Å². The van der Waals surface area contributed by atoms with Gasteiger partial charge in [0.1, 0.15) is 11.7 Å². The van der Waals surface area contributed by atoms with E-state index in [1.54, 1.807) is 16.8 Å². The van der Waals surface area contributed by atoms with Gasteiger partial charge in [0.2, 0.25) is 5.91 Å². The molecular weight excluding hydrogens is 418 g/mol. The third-order valence-electron chi connectivity index (χ3n) is 6.59. The highest BCUT2D eigenvalue weighted by molar-refractivity contribution is 6.30. The molecule has 1 saturated heterocycles. The molecule has 5 rings (SSSR count). The Morgan fingerprint density at radius 2 is 1.84 bits per heavy atom. The summed E-state index contributed by atoms with van der Waals surface area (Å²) in [4.78, 5) is 31.9. The smallest absolute Gasteiger partial charge is 0.264 e. The SMILES string of the molecule is CC1(C(=O)N2CCC(O)(Cn3cnc4c(cnn4-c4ccc(Cl)cc4)c3=O)CC2)CC1. The standard InChI is InChI=1S/C22H24ClN5O3/c1-21(6-7-21)20(30)26-10-8-22(31,9-11-26)13-27-14-24-18-17(19(27)29)12-25-28(18)16-4-2-15(23)3-5-16/h2-5,12,14,31H,6-11,13H2,1H3. The molecule has 1 saturated carbocycles. The van der Waals surface area contributed by atoms with Crippen molar-refractivity contribution in [1.29, 1.82) is 0 Å². The summed E-state index contributed by atoms with van der Waals surface area (Å²) in [6.45, 7) is 3.15. The van der Waals surface area contributed by atoms with Gasteiger partial charge in [0.25, 0.3) is 5.56 Å². The van der Waals surface area contributed by atoms with E-state index in [9.17, 15) is 14.7 Å². The van der Waals surface area contributed by atoms with Gasteiger partial charge in [-0.3, -0.25) is 14.2 Å². The third-order valence-corrected chi connectivity index (χ3v) is 6.84. The van der Waals surface area contributed by atoms with Gasteiger partial charge in [-0.25, -0.2) is 9.67 Å². The van der Waals surface area contributed by atoms with Crippen LogP contribution in [0.4, 0.5) is 0 Å². The van der Waals surface area contributed by atoms with Crippen LogP contribution in [0.2, 0.25) is 5.02 Å². The van der Waals surface area contributed by atoms with Crippen LogP contribution in [-0.2, 0) is 11.3 Å². The first-order valence-corrected chi connectivity index (χ1v) is 10.9. The van der Waals surface area contributed by atoms with Crippen molar-refractivity contribution in [2.24, 2.45) is 5.41 Å². The van der Waals surface area contributed by atoms with Crippen molar-refractivity contribution in [2.45, 2.75) is 44.8 Å². The van der Waals surface area contributed by atoms with Crippen LogP contribution in [-0.4, -0.2) is 53.9 Å². The number of nitrogens with zero attached hydrogens (tertiary/aromatic N) is 5. The minimum absolute atomic E-state index is 0.139. The molecule has 9 heteroatoms. The van der Waals surface area contributed by atoms with Crippen LogP contribution in [0.15, 0.2) is 41.6 Å². The Morgan fingerprint density at radius 3 is 2.48 bits per heavy atom. The molecule has 1 aliphatic carbocycles. The van der Waals surface area contributed by atoms with Crippen LogP contribution >= 0.6 is 11.6 Å². The van der Waals surface area contributed by atoms with E-state index in [1.165, 1.54) is 17.1 Å². The molecule has 31 heavy (non-hydrogen) atoms. The topological polar surface area (TPSA) is 93.2 Å². The van der Waals surface area contributed by atoms with E-state index in [0.29, 0.717) is 42.0 Å². The number of aliphatic hydroxyl groups is 1. The van der Waals surface area contributed by atoms with Crippen molar-refractivity contribution < 1.29 is 9.90 Å². The number of carbonyl (C=O) groups excluding carboxylic acids is 1. The summed E-state index contributed by atoms with van der Waals surface area (Å²) in [7, 11) is 0. The molecule has 1 aromatic carbocycles. The van der Waals surface area contributed by atoms with Gasteiger partial charge in [0, 0.05) is 23.5 Å². The zero-order valence-electron chi connectivity index (χ0n) is 17.3. The lowest BCUT2D eigenvalue weighted by Crippen LogP contribution is -2.51. The van der Waals surface area contributed by atoms with Crippen LogP contribution < -0.4 is 5.56 Å². The number of hydrogen-bond donors (Lipinski definition) is 1. The number of amides is 1. The van der Waals surface area contributed by atoms with E-state index in [4.69, 9.17) is 11.6 Å². The summed E-state index contributed by atoms with van der Waals surface area (Å²) < 4.78 is 3.03. The second-order valence-electron chi connectivity index (χ2n) is 9.02. The average molecular weight is 442 g/mol. The predicted octanol–water partition coefficient (Wildman–Crippen LogP) is 2.39. The zero-order chi connectivity index (χ0) is 21.8. The number of likely N-dealkylation sites (tertiary alicyclic amines) is 1. The molecular formula is C22H24ClN5O3. The molecule has 1 aliphatic heterocycles. The van der Waals surface area contributed by atoms with E-state index in [0.717, 1.165) is 18.5 Å². The zero-order valence-corrected chi connectivity index (χ0v) is 18.0. The van der Waals surface area contributed by atoms with Crippen molar-refractivity contribution in [3.8, 4) is 5.69 Å². The van der Waals surface area contributed by atoms with E-state index >= 15 is 0 Å². The number of carbonyl (C=O) groups is 1. The molecule has 0 bridgehead atoms. The maximum atomic E-state index is 13.0. The molecule has 0 spiro atoms. The van der Waals surface area contributed by atoms with Crippen LogP contribution in [0.1, 0.15) is 32.6 Å². The number of benzene rings is 1. The normalized spacial score (nSPS) is 19.5. The fourth-order valence-corrected chi connectivity index (χ4v) is 4.34. The molecule has 0 unspecified atom stereocenters. The van der Waals surface area contributed by atoms with Crippen LogP contribution in [0, 0.1) is 5.41 Å². The molecule has 2 fully saturated rings. The van der Waals surface area contributed by atoms with Gasteiger partial charge in [-0.15, -0.1) is 0 Å². The first-order chi connectivity index (χ1) is 14.8. The quantitative estimate of drug-likeness (QED) is 0.671. The van der Waals surface area contributed by atoms with E-state index in [-0.39, 0.29) is 23.4 Å². The summed E-state index contributed by atoms with van der Waals surface area (Å²) in [5.74, 6) is 0.185. The van der Waals surface area contributed by atoms with Crippen molar-refractivity contribution in [2.75, 3.05) is 13.1 Å². The van der Waals surface area contributed by atoms with Gasteiger partial charge in [0.05, 0.1) is 24.0 Å². The minimum Gasteiger partial charge on any atom is -0.388 e. The highest BCUT2D eigenvalue weighted by atomic mass is 35.5. The molecule has 1 amide bonds. The number of hydrogen-bond acceptors (Lipinski definition) is 5. The monoisotopic (exact) mass is 441 g/mol. The van der Waals surface area contributed by atoms with Crippen LogP contribution in [0.3, 0.4) is 0 Å². The highest BCUT2D eigenvalue weighted by Crippen LogP contribution is 2.47. The Hall–Kier alpha value is -2.71. The van der Waals surface area contributed by atoms with Crippen LogP contribution in [0.5, 0.6) is 0 Å². The van der Waals surface area contributed by atoms with E-state index < -0.39 is 5.60 Å². The Kier molecular flexibility index (Phi) is 4.67. The minimum atomic E-state index is -1.05. The Morgan fingerprint density at radius 1 is 1.16 bits per heavy atom. The maximum Gasteiger partial charge on any atom is 0.264 e. The molecule has 1 N–H and O–H groups in total. The van der Waals surface area contributed by atoms with Crippen molar-refractivity contribution in [3.05, 3.63) is 52.2 Å². The average Bonchev–Trinajstić information content (AvgIpc) is 3.36. The lowest BCUT2D eigenvalue weighted by molar-refractivity contribution is -0.141. The lowest BCUT2D eigenvalue weighted by Gasteiger charge is -2.39. The largest absolute Gasteiger partial charge is 0.388 e. The maximum absolute atomic E-state index is 13.0. The van der Waals surface area contributed by atoms with Gasteiger partial charge in [-0.05, 0) is 49.9 Å². The van der Waals surface area contributed by atoms with Crippen molar-refractivity contribution in [1.82, 2.24) is 24.2 Å². The van der Waals surface area contributed by atoms with Crippen LogP contribution in [0.25, 0.3) is 16.7 Å². The van der Waals surface area contributed by atoms with Gasteiger partial charge < -0.3 is 10.0 Å². The second-order valence-corrected chi connectivity index (χ2v) is 9.46. The summed E-state index contributed by atoms with van der Waals surface area (Å²) in [5.41, 5.74) is -0.293. The molecule has 8 nitrogen and oxygen atoms in total. The van der Waals surface area contributed by atoms with Gasteiger partial charge in [-0.2, -0.15) is 5.10 Å². The van der Waals surface area contributed by atoms with Gasteiger partial charge >= 0.3 is 0 Å². The first kappa shape index (κ1) is 20.2. The molecule has 162 valence electrons. The Bertz CT molecular complexity index is 1200. The molecule has 0 atom stereocenters. The fourth-order valence-electron chi connectivity index (χ4n) is 4.22. The molecule has 2 aliphatic rings. The molecule has 3 heterocycles. The van der Waals surface area contributed by atoms with Gasteiger partial charge in [-0.1, -0.05) is 18.5 Å². The fraction of sp³-hybridized carbons (Fsp3) is 0.455. The Labute approximate surface area is 184 Å². The molecule has 0 radical (unpaired) electrons. The summed E-state index contributed by atoms with van der Waals surface area (Å²) >= 11 is 5.95. The number of halogens is 1. The van der Waals surface area contributed by atoms with Gasteiger partial charge in [0.15, 0.2) is 5.65 Å². The summed E-state index contributed by atoms with van der Waals surface area (Å²) in [6.07, 6.45) is 5.71. The predicted molar refractivity (Wildman–Crippen MR) is 116 cm³/mol. The summed E-state index contributed by atoms with van der Waals surface area (Å²) in [5, 5.41) is 16.4. The number of piperidine rings is 1. The third kappa shape index (κ3) is 3.64. The Balaban J connectivity index is 1.35. The lowest BCUT2D eigenvalue weighted by atomic mass is 9.90. The number of fused-ring (bicyclic) bond motifs is 1. The van der Waals surface area contributed by atoms with Crippen molar-refractivity contribution >= 4 is 28.5 Å². The first-order valence-electron chi connectivity index (χ1n) is 10.5. The summed E-state index contributed by atoms with van der Waals surface area (Å²) in [6, 6.07) is 7.12. The van der Waals surface area contributed by atoms with Crippen molar-refractivity contribution in [3.63, 3.8) is 0 Å². The number of rotatable bonds is 4. The van der Waals surface area contributed by atoms with E-state index in [2.05, 4.69) is 10.1 Å². The molecule has 3 aromatic rings. The highest BCUT2D eigenvalue weighted by Gasteiger charge is 2.48.